The van der Waals surface area contributed by atoms with Crippen molar-refractivity contribution in [3.8, 4) is 0 Å². The van der Waals surface area contributed by atoms with Crippen LogP contribution in [0.3, 0.4) is 0 Å². The summed E-state index contributed by atoms with van der Waals surface area (Å²) >= 11 is 0. The highest BCUT2D eigenvalue weighted by Gasteiger charge is 2.25. The maximum absolute atomic E-state index is 12.8. The second-order valence-corrected chi connectivity index (χ2v) is 8.82. The normalized spacial score (nSPS) is 12.5. The summed E-state index contributed by atoms with van der Waals surface area (Å²) in [6, 6.07) is 14.4. The first kappa shape index (κ1) is 19.6. The van der Waals surface area contributed by atoms with Crippen LogP contribution in [0, 0.1) is 0 Å². The Morgan fingerprint density at radius 2 is 1.82 bits per heavy atom. The van der Waals surface area contributed by atoms with E-state index in [-0.39, 0.29) is 5.95 Å². The van der Waals surface area contributed by atoms with Gasteiger partial charge in [-0.1, -0.05) is 36.4 Å². The number of hydrogen-bond acceptors (Lipinski definition) is 6. The quantitative estimate of drug-likeness (QED) is 0.523. The van der Waals surface area contributed by atoms with Gasteiger partial charge in [0.25, 0.3) is 0 Å². The Hall–Kier alpha value is -3.13. The van der Waals surface area contributed by atoms with Gasteiger partial charge in [0.2, 0.25) is 16.0 Å². The number of esters is 1. The SMILES string of the molecule is COC(=O)/C=C(/c1ccccc1)c1ccc2nc(N)n(S(=O)(=O)C(C)C)c2c1. The maximum Gasteiger partial charge on any atom is 0.331 e. The summed E-state index contributed by atoms with van der Waals surface area (Å²) in [5.41, 5.74) is 8.74. The molecular formula is C20H21N3O4S. The number of nitrogens with zero attached hydrogens (tertiary/aromatic N) is 2. The van der Waals surface area contributed by atoms with Gasteiger partial charge < -0.3 is 10.5 Å². The number of nitrogen functional groups attached to an aromatic ring is 1. The lowest BCUT2D eigenvalue weighted by atomic mass is 9.97. The third-order valence-corrected chi connectivity index (χ3v) is 6.43. The summed E-state index contributed by atoms with van der Waals surface area (Å²) in [5.74, 6) is -0.610. The molecule has 7 nitrogen and oxygen atoms in total. The van der Waals surface area contributed by atoms with Crippen molar-refractivity contribution in [3.05, 3.63) is 65.7 Å². The highest BCUT2D eigenvalue weighted by atomic mass is 32.2. The van der Waals surface area contributed by atoms with Gasteiger partial charge in [-0.05, 0) is 42.7 Å². The summed E-state index contributed by atoms with van der Waals surface area (Å²) in [4.78, 5) is 16.1. The van der Waals surface area contributed by atoms with Crippen molar-refractivity contribution in [1.82, 2.24) is 8.96 Å². The molecule has 0 aliphatic carbocycles. The number of fused-ring (bicyclic) bond motifs is 1. The molecule has 2 N–H and O–H groups in total. The van der Waals surface area contributed by atoms with Gasteiger partial charge in [-0.3, -0.25) is 0 Å². The minimum Gasteiger partial charge on any atom is -0.466 e. The molecule has 0 radical (unpaired) electrons. The molecule has 0 saturated carbocycles. The summed E-state index contributed by atoms with van der Waals surface area (Å²) in [5, 5.41) is -0.671. The van der Waals surface area contributed by atoms with E-state index in [1.165, 1.54) is 13.2 Å². The van der Waals surface area contributed by atoms with E-state index >= 15 is 0 Å². The monoisotopic (exact) mass is 399 g/mol. The summed E-state index contributed by atoms with van der Waals surface area (Å²) in [7, 11) is -2.41. The molecule has 0 amide bonds. The predicted octanol–water partition coefficient (Wildman–Crippen LogP) is 2.81. The van der Waals surface area contributed by atoms with Crippen molar-refractivity contribution in [1.29, 1.82) is 0 Å². The van der Waals surface area contributed by atoms with Gasteiger partial charge in [-0.15, -0.1) is 0 Å². The minimum atomic E-state index is -3.71. The third-order valence-electron chi connectivity index (χ3n) is 4.35. The molecule has 0 saturated heterocycles. The second kappa shape index (κ2) is 7.47. The van der Waals surface area contributed by atoms with Crippen molar-refractivity contribution in [2.75, 3.05) is 12.8 Å². The van der Waals surface area contributed by atoms with Gasteiger partial charge in [-0.25, -0.2) is 22.2 Å². The van der Waals surface area contributed by atoms with Crippen LogP contribution < -0.4 is 5.73 Å². The minimum absolute atomic E-state index is 0.0981. The van der Waals surface area contributed by atoms with Crippen molar-refractivity contribution < 1.29 is 17.9 Å². The molecule has 0 fully saturated rings. The van der Waals surface area contributed by atoms with Crippen LogP contribution in [0.2, 0.25) is 0 Å². The number of imidazole rings is 1. The molecule has 28 heavy (non-hydrogen) atoms. The van der Waals surface area contributed by atoms with Crippen LogP contribution in [-0.2, 0) is 19.6 Å². The van der Waals surface area contributed by atoms with E-state index in [1.54, 1.807) is 32.0 Å². The Morgan fingerprint density at radius 1 is 1.14 bits per heavy atom. The van der Waals surface area contributed by atoms with E-state index in [4.69, 9.17) is 10.5 Å². The van der Waals surface area contributed by atoms with Crippen LogP contribution >= 0.6 is 0 Å². The molecule has 1 heterocycles. The van der Waals surface area contributed by atoms with Gasteiger partial charge in [0.05, 0.1) is 23.4 Å². The van der Waals surface area contributed by atoms with Crippen LogP contribution in [0.1, 0.15) is 25.0 Å². The Kier molecular flexibility index (Phi) is 5.24. The Labute approximate surface area is 163 Å². The zero-order valence-corrected chi connectivity index (χ0v) is 16.6. The van der Waals surface area contributed by atoms with Gasteiger partial charge in [0.1, 0.15) is 0 Å². The van der Waals surface area contributed by atoms with Crippen LogP contribution in [0.15, 0.2) is 54.6 Å². The number of benzene rings is 2. The largest absolute Gasteiger partial charge is 0.466 e. The number of carbonyl (C=O) groups is 1. The maximum atomic E-state index is 12.8. The van der Waals surface area contributed by atoms with Crippen LogP contribution in [-0.4, -0.2) is 35.7 Å². The number of nitrogens with two attached hydrogens (primary N) is 1. The fourth-order valence-corrected chi connectivity index (χ4v) is 3.99. The molecule has 146 valence electrons. The number of hydrogen-bond donors (Lipinski definition) is 1. The number of ether oxygens (including phenoxy) is 1. The molecule has 8 heteroatoms. The van der Waals surface area contributed by atoms with E-state index in [0.29, 0.717) is 22.2 Å². The summed E-state index contributed by atoms with van der Waals surface area (Å²) < 4.78 is 31.3. The fourth-order valence-electron chi connectivity index (χ4n) is 2.85. The molecule has 0 aliphatic heterocycles. The first-order valence-electron chi connectivity index (χ1n) is 8.63. The van der Waals surface area contributed by atoms with Crippen molar-refractivity contribution in [2.24, 2.45) is 0 Å². The molecule has 1 aromatic heterocycles. The van der Waals surface area contributed by atoms with E-state index in [2.05, 4.69) is 4.98 Å². The molecule has 0 atom stereocenters. The molecule has 0 unspecified atom stereocenters. The highest BCUT2D eigenvalue weighted by molar-refractivity contribution is 7.90. The van der Waals surface area contributed by atoms with Crippen LogP contribution in [0.4, 0.5) is 5.95 Å². The van der Waals surface area contributed by atoms with Crippen molar-refractivity contribution in [2.45, 2.75) is 19.1 Å². The lowest BCUT2D eigenvalue weighted by molar-refractivity contribution is -0.134. The lowest BCUT2D eigenvalue weighted by Gasteiger charge is -2.12. The van der Waals surface area contributed by atoms with Crippen LogP contribution in [0.5, 0.6) is 0 Å². The number of methoxy groups -OCH3 is 1. The number of rotatable bonds is 5. The van der Waals surface area contributed by atoms with Crippen LogP contribution in [0.25, 0.3) is 16.6 Å². The molecule has 3 rings (SSSR count). The summed E-state index contributed by atoms with van der Waals surface area (Å²) in [6.45, 7) is 3.16. The van der Waals surface area contributed by atoms with Crippen molar-refractivity contribution in [3.63, 3.8) is 0 Å². The smallest absolute Gasteiger partial charge is 0.331 e. The molecular weight excluding hydrogens is 378 g/mol. The van der Waals surface area contributed by atoms with Gasteiger partial charge in [0, 0.05) is 6.08 Å². The van der Waals surface area contributed by atoms with Crippen molar-refractivity contribution >= 4 is 38.5 Å². The Morgan fingerprint density at radius 3 is 2.43 bits per heavy atom. The molecule has 2 aromatic carbocycles. The standard InChI is InChI=1S/C20H21N3O4S/c1-13(2)28(25,26)23-18-11-15(9-10-17(18)22-20(23)21)16(12-19(24)27-3)14-7-5-4-6-8-14/h4-13H,1-3H3,(H2,21,22)/b16-12-. The lowest BCUT2D eigenvalue weighted by Crippen LogP contribution is -2.23. The zero-order valence-electron chi connectivity index (χ0n) is 15.8. The van der Waals surface area contributed by atoms with Gasteiger partial charge in [-0.2, -0.15) is 0 Å². The molecule has 0 spiro atoms. The van der Waals surface area contributed by atoms with Gasteiger partial charge >= 0.3 is 5.97 Å². The zero-order chi connectivity index (χ0) is 20.5. The predicted molar refractivity (Wildman–Crippen MR) is 109 cm³/mol. The van der Waals surface area contributed by atoms with E-state index in [1.807, 2.05) is 30.3 Å². The van der Waals surface area contributed by atoms with E-state index in [0.717, 1.165) is 9.54 Å². The summed E-state index contributed by atoms with van der Waals surface area (Å²) in [6.07, 6.45) is 1.37. The number of carbonyl (C=O) groups excluding carboxylic acids is 1. The average Bonchev–Trinajstić information content (AvgIpc) is 3.01. The topological polar surface area (TPSA) is 104 Å². The molecule has 0 aliphatic rings. The van der Waals surface area contributed by atoms with Gasteiger partial charge in [0.15, 0.2) is 0 Å². The Balaban J connectivity index is 2.28. The molecule has 0 bridgehead atoms. The first-order valence-corrected chi connectivity index (χ1v) is 10.1. The Bertz CT molecular complexity index is 1160. The third kappa shape index (κ3) is 3.50. The fraction of sp³-hybridized carbons (Fsp3) is 0.200. The highest BCUT2D eigenvalue weighted by Crippen LogP contribution is 2.29. The van der Waals surface area contributed by atoms with E-state index in [9.17, 15) is 13.2 Å². The first-order chi connectivity index (χ1) is 13.3. The average molecular weight is 399 g/mol. The molecule has 3 aromatic rings. The van der Waals surface area contributed by atoms with E-state index < -0.39 is 21.2 Å². The number of anilines is 1. The number of aromatic nitrogens is 2. The second-order valence-electron chi connectivity index (χ2n) is 6.48.